The highest BCUT2D eigenvalue weighted by molar-refractivity contribution is 7.89. The monoisotopic (exact) mass is 452 g/mol. The van der Waals surface area contributed by atoms with E-state index in [0.29, 0.717) is 18.7 Å². The lowest BCUT2D eigenvalue weighted by Crippen LogP contribution is -2.41. The van der Waals surface area contributed by atoms with Gasteiger partial charge in [-0.1, -0.05) is 13.3 Å². The van der Waals surface area contributed by atoms with Gasteiger partial charge in [0, 0.05) is 31.6 Å². The van der Waals surface area contributed by atoms with E-state index in [0.717, 1.165) is 19.4 Å². The molecular weight excluding hydrogens is 424 g/mol. The summed E-state index contributed by atoms with van der Waals surface area (Å²) in [4.78, 5) is 24.4. The van der Waals surface area contributed by atoms with Crippen molar-refractivity contribution in [2.75, 3.05) is 25.0 Å². The van der Waals surface area contributed by atoms with E-state index in [4.69, 9.17) is 9.15 Å². The Kier molecular flexibility index (Phi) is 7.50. The van der Waals surface area contributed by atoms with Crippen molar-refractivity contribution in [3.63, 3.8) is 0 Å². The predicted octanol–water partition coefficient (Wildman–Crippen LogP) is 2.49. The molecule has 1 aliphatic rings. The largest absolute Gasteiger partial charge is 0.460 e. The van der Waals surface area contributed by atoms with E-state index < -0.39 is 16.0 Å². The molecule has 1 N–H and O–H groups in total. The first-order chi connectivity index (χ1) is 14.9. The van der Waals surface area contributed by atoms with E-state index >= 15 is 0 Å². The number of hydrogen-bond acceptors (Lipinski definition) is 7. The summed E-state index contributed by atoms with van der Waals surface area (Å²) in [7, 11) is -3.89. The molecule has 0 saturated carbocycles. The third-order valence-corrected chi connectivity index (χ3v) is 6.94. The first kappa shape index (κ1) is 23.0. The van der Waals surface area contributed by atoms with Crippen LogP contribution in [0.5, 0.6) is 0 Å². The molecule has 1 saturated heterocycles. The summed E-state index contributed by atoms with van der Waals surface area (Å²) >= 11 is 0. The molecular formula is C20H28N4O6S. The van der Waals surface area contributed by atoms with Crippen molar-refractivity contribution in [3.05, 3.63) is 30.2 Å². The molecule has 1 fully saturated rings. The van der Waals surface area contributed by atoms with Crippen LogP contribution in [0, 0.1) is 5.92 Å². The van der Waals surface area contributed by atoms with Gasteiger partial charge in [0.25, 0.3) is 10.0 Å². The van der Waals surface area contributed by atoms with Crippen molar-refractivity contribution in [1.82, 2.24) is 14.1 Å². The average molecular weight is 453 g/mol. The number of furan rings is 1. The number of amides is 1. The maximum absolute atomic E-state index is 12.8. The number of carbonyl (C=O) groups excluding carboxylic acids is 2. The Bertz CT molecular complexity index is 1000. The third-order valence-electron chi connectivity index (χ3n) is 5.17. The van der Waals surface area contributed by atoms with Crippen LogP contribution in [0.3, 0.4) is 0 Å². The van der Waals surface area contributed by atoms with Crippen LogP contribution in [0.2, 0.25) is 0 Å². The van der Waals surface area contributed by atoms with Crippen LogP contribution < -0.4 is 5.32 Å². The zero-order valence-electron chi connectivity index (χ0n) is 17.7. The van der Waals surface area contributed by atoms with Gasteiger partial charge in [0.05, 0.1) is 12.8 Å². The maximum Gasteiger partial charge on any atom is 0.374 e. The van der Waals surface area contributed by atoms with Crippen molar-refractivity contribution in [1.29, 1.82) is 0 Å². The van der Waals surface area contributed by atoms with E-state index in [2.05, 4.69) is 17.3 Å². The molecule has 2 aromatic rings. The lowest BCUT2D eigenvalue weighted by molar-refractivity contribution is -0.121. The maximum atomic E-state index is 12.8. The number of aromatic nitrogens is 2. The van der Waals surface area contributed by atoms with Crippen LogP contribution in [-0.4, -0.2) is 54.1 Å². The minimum atomic E-state index is -3.89. The molecule has 0 radical (unpaired) electrons. The summed E-state index contributed by atoms with van der Waals surface area (Å²) < 4.78 is 38.7. The van der Waals surface area contributed by atoms with E-state index in [1.165, 1.54) is 16.4 Å². The third kappa shape index (κ3) is 5.34. The van der Waals surface area contributed by atoms with Crippen molar-refractivity contribution >= 4 is 27.7 Å². The lowest BCUT2D eigenvalue weighted by Gasteiger charge is -2.29. The van der Waals surface area contributed by atoms with Crippen LogP contribution in [0.1, 0.15) is 50.1 Å². The van der Waals surface area contributed by atoms with Crippen molar-refractivity contribution in [3.8, 4) is 0 Å². The van der Waals surface area contributed by atoms with E-state index in [9.17, 15) is 18.0 Å². The van der Waals surface area contributed by atoms with Crippen LogP contribution in [-0.2, 0) is 26.1 Å². The molecule has 11 heteroatoms. The molecule has 3 heterocycles. The fourth-order valence-electron chi connectivity index (χ4n) is 3.41. The number of carbonyl (C=O) groups is 2. The number of unbranched alkanes of at least 4 members (excludes halogenated alkanes) is 1. The Morgan fingerprint density at radius 3 is 2.65 bits per heavy atom. The Morgan fingerprint density at radius 2 is 1.97 bits per heavy atom. The number of anilines is 1. The van der Waals surface area contributed by atoms with E-state index in [-0.39, 0.29) is 42.4 Å². The summed E-state index contributed by atoms with van der Waals surface area (Å²) in [6.07, 6.45) is 4.41. The number of sulfonamides is 1. The molecule has 0 bridgehead atoms. The Morgan fingerprint density at radius 1 is 1.23 bits per heavy atom. The number of esters is 1. The van der Waals surface area contributed by atoms with Gasteiger partial charge < -0.3 is 14.5 Å². The molecule has 31 heavy (non-hydrogen) atoms. The fraction of sp³-hybridized carbons (Fsp3) is 0.550. The zero-order chi connectivity index (χ0) is 22.4. The second kappa shape index (κ2) is 10.1. The second-order valence-electron chi connectivity index (χ2n) is 7.30. The van der Waals surface area contributed by atoms with Crippen LogP contribution in [0.15, 0.2) is 33.9 Å². The quantitative estimate of drug-likeness (QED) is 0.580. The van der Waals surface area contributed by atoms with Gasteiger partial charge in [-0.15, -0.1) is 0 Å². The molecule has 10 nitrogen and oxygen atoms in total. The topological polar surface area (TPSA) is 124 Å². The smallest absolute Gasteiger partial charge is 0.374 e. The average Bonchev–Trinajstić information content (AvgIpc) is 3.43. The minimum Gasteiger partial charge on any atom is -0.460 e. The number of rotatable bonds is 9. The van der Waals surface area contributed by atoms with Crippen molar-refractivity contribution in [2.45, 2.75) is 51.2 Å². The first-order valence-electron chi connectivity index (χ1n) is 10.5. The standard InChI is InChI=1S/C20H28N4O6S/c1-3-5-12-24-17(8-11-21-24)22-19(25)15-9-13-23(14-10-15)31(27,28)18-7-6-16(30-18)20(26)29-4-2/h6-8,11,15H,3-5,9-10,12-14H2,1-2H3,(H,22,25). The molecule has 0 aromatic carbocycles. The first-order valence-corrected chi connectivity index (χ1v) is 11.9. The highest BCUT2D eigenvalue weighted by atomic mass is 32.2. The molecule has 0 spiro atoms. The Labute approximate surface area is 181 Å². The number of piperidine rings is 1. The van der Waals surface area contributed by atoms with Crippen molar-refractivity contribution < 1.29 is 27.2 Å². The van der Waals surface area contributed by atoms with Gasteiger partial charge in [-0.05, 0) is 38.3 Å². The Hall–Kier alpha value is -2.66. The molecule has 1 aliphatic heterocycles. The number of nitrogens with one attached hydrogen (secondary N) is 1. The molecule has 0 unspecified atom stereocenters. The predicted molar refractivity (Wildman–Crippen MR) is 112 cm³/mol. The minimum absolute atomic E-state index is 0.141. The summed E-state index contributed by atoms with van der Waals surface area (Å²) in [6.45, 7) is 5.00. The molecule has 0 atom stereocenters. The SMILES string of the molecule is CCCCn1nccc1NC(=O)C1CCN(S(=O)(=O)c2ccc(C(=O)OCC)o2)CC1. The number of nitrogens with zero attached hydrogens (tertiary/aromatic N) is 3. The number of hydrogen-bond donors (Lipinski definition) is 1. The summed E-state index contributed by atoms with van der Waals surface area (Å²) in [6, 6.07) is 4.29. The summed E-state index contributed by atoms with van der Waals surface area (Å²) in [5, 5.41) is 6.83. The normalized spacial score (nSPS) is 15.7. The summed E-state index contributed by atoms with van der Waals surface area (Å²) in [5.41, 5.74) is 0. The highest BCUT2D eigenvalue weighted by Gasteiger charge is 2.34. The van der Waals surface area contributed by atoms with Gasteiger partial charge in [-0.2, -0.15) is 9.40 Å². The fourth-order valence-corrected chi connectivity index (χ4v) is 4.79. The number of ether oxygens (including phenoxy) is 1. The van der Waals surface area contributed by atoms with Gasteiger partial charge in [-0.3, -0.25) is 4.79 Å². The van der Waals surface area contributed by atoms with Gasteiger partial charge in [0.2, 0.25) is 16.8 Å². The zero-order valence-corrected chi connectivity index (χ0v) is 18.6. The van der Waals surface area contributed by atoms with Gasteiger partial charge >= 0.3 is 5.97 Å². The second-order valence-corrected chi connectivity index (χ2v) is 9.17. The number of aryl methyl sites for hydroxylation is 1. The molecule has 170 valence electrons. The highest BCUT2D eigenvalue weighted by Crippen LogP contribution is 2.26. The summed E-state index contributed by atoms with van der Waals surface area (Å²) in [5.74, 6) is -0.659. The molecule has 3 rings (SSSR count). The van der Waals surface area contributed by atoms with Gasteiger partial charge in [0.15, 0.2) is 0 Å². The van der Waals surface area contributed by atoms with E-state index in [1.807, 2.05) is 0 Å². The molecule has 1 amide bonds. The van der Waals surface area contributed by atoms with Crippen LogP contribution in [0.25, 0.3) is 0 Å². The van der Waals surface area contributed by atoms with Gasteiger partial charge in [-0.25, -0.2) is 17.9 Å². The van der Waals surface area contributed by atoms with Crippen molar-refractivity contribution in [2.24, 2.45) is 5.92 Å². The van der Waals surface area contributed by atoms with E-state index in [1.54, 1.807) is 23.9 Å². The molecule has 0 aliphatic carbocycles. The lowest BCUT2D eigenvalue weighted by atomic mass is 9.97. The van der Waals surface area contributed by atoms with Crippen LogP contribution >= 0.6 is 0 Å². The molecule has 2 aromatic heterocycles. The Balaban J connectivity index is 1.58. The van der Waals surface area contributed by atoms with Crippen LogP contribution in [0.4, 0.5) is 5.82 Å². The van der Waals surface area contributed by atoms with Gasteiger partial charge in [0.1, 0.15) is 5.82 Å².